The van der Waals surface area contributed by atoms with Gasteiger partial charge in [-0.3, -0.25) is 9.59 Å². The zero-order chi connectivity index (χ0) is 22.4. The van der Waals surface area contributed by atoms with Gasteiger partial charge in [0.15, 0.2) is 11.6 Å². The molecule has 31 heavy (non-hydrogen) atoms. The third-order valence-electron chi connectivity index (χ3n) is 5.13. The van der Waals surface area contributed by atoms with Gasteiger partial charge >= 0.3 is 0 Å². The van der Waals surface area contributed by atoms with Gasteiger partial charge < -0.3 is 10.2 Å². The molecule has 0 aliphatic carbocycles. The van der Waals surface area contributed by atoms with E-state index in [-0.39, 0.29) is 11.8 Å². The summed E-state index contributed by atoms with van der Waals surface area (Å²) < 4.78 is 26.7. The summed E-state index contributed by atoms with van der Waals surface area (Å²) in [6.07, 6.45) is 2.00. The van der Waals surface area contributed by atoms with Crippen LogP contribution in [0.4, 0.5) is 14.5 Å². The summed E-state index contributed by atoms with van der Waals surface area (Å²) in [7, 11) is 1.60. The number of carbonyl (C=O) groups is 2. The highest BCUT2D eigenvalue weighted by molar-refractivity contribution is 7.09. The molecule has 0 radical (unpaired) electrons. The van der Waals surface area contributed by atoms with Crippen molar-refractivity contribution >= 4 is 28.8 Å². The zero-order valence-electron chi connectivity index (χ0n) is 17.4. The van der Waals surface area contributed by atoms with Gasteiger partial charge in [-0.05, 0) is 67.1 Å². The van der Waals surface area contributed by atoms with Crippen LogP contribution < -0.4 is 5.32 Å². The quantitative estimate of drug-likeness (QED) is 0.478. The van der Waals surface area contributed by atoms with Crippen LogP contribution in [-0.4, -0.2) is 23.8 Å². The Kier molecular flexibility index (Phi) is 7.52. The standard InChI is InChI=1S/C24H24F2N2O2S/c1-16(17-11-12-21(25)22(26)15-17)28(2)24(30)18-6-3-7-19(14-18)27-23(29)10-4-8-20-9-5-13-31-20/h3,5-7,9,11-16H,4,8,10H2,1-2H3,(H,27,29). The Bertz CT molecular complexity index is 1050. The first-order valence-corrected chi connectivity index (χ1v) is 10.9. The molecule has 0 spiro atoms. The first-order chi connectivity index (χ1) is 14.8. The zero-order valence-corrected chi connectivity index (χ0v) is 18.2. The van der Waals surface area contributed by atoms with Gasteiger partial charge in [-0.1, -0.05) is 18.2 Å². The minimum absolute atomic E-state index is 0.107. The molecule has 2 amide bonds. The molecule has 7 heteroatoms. The fourth-order valence-corrected chi connectivity index (χ4v) is 3.96. The van der Waals surface area contributed by atoms with Gasteiger partial charge in [0.1, 0.15) is 0 Å². The molecule has 4 nitrogen and oxygen atoms in total. The van der Waals surface area contributed by atoms with Gasteiger partial charge in [0.05, 0.1) is 6.04 Å². The van der Waals surface area contributed by atoms with E-state index < -0.39 is 17.7 Å². The Morgan fingerprint density at radius 3 is 2.58 bits per heavy atom. The average molecular weight is 443 g/mol. The second-order valence-electron chi connectivity index (χ2n) is 7.33. The maximum absolute atomic E-state index is 13.6. The van der Waals surface area contributed by atoms with Crippen LogP contribution in [0.5, 0.6) is 0 Å². The minimum atomic E-state index is -0.950. The number of rotatable bonds is 8. The fraction of sp³-hybridized carbons (Fsp3) is 0.250. The number of thiophene rings is 1. The third-order valence-corrected chi connectivity index (χ3v) is 6.06. The normalized spacial score (nSPS) is 11.7. The predicted molar refractivity (Wildman–Crippen MR) is 119 cm³/mol. The molecule has 1 heterocycles. The predicted octanol–water partition coefficient (Wildman–Crippen LogP) is 5.82. The Morgan fingerprint density at radius 1 is 1.06 bits per heavy atom. The maximum Gasteiger partial charge on any atom is 0.254 e. The Hall–Kier alpha value is -3.06. The lowest BCUT2D eigenvalue weighted by Crippen LogP contribution is -2.29. The molecule has 2 aromatic carbocycles. The van der Waals surface area contributed by atoms with Crippen molar-refractivity contribution in [1.29, 1.82) is 0 Å². The number of nitrogens with one attached hydrogen (secondary N) is 1. The van der Waals surface area contributed by atoms with Crippen molar-refractivity contribution in [3.8, 4) is 0 Å². The molecule has 0 aliphatic heterocycles. The highest BCUT2D eigenvalue weighted by atomic mass is 32.1. The number of amides is 2. The molecule has 1 aromatic heterocycles. The lowest BCUT2D eigenvalue weighted by atomic mass is 10.1. The first-order valence-electron chi connectivity index (χ1n) is 9.99. The molecule has 0 bridgehead atoms. The first kappa shape index (κ1) is 22.6. The monoisotopic (exact) mass is 442 g/mol. The van der Waals surface area contributed by atoms with Crippen LogP contribution in [0.3, 0.4) is 0 Å². The van der Waals surface area contributed by atoms with E-state index in [1.165, 1.54) is 15.8 Å². The SMILES string of the molecule is CC(c1ccc(F)c(F)c1)N(C)C(=O)c1cccc(NC(=O)CCCc2cccs2)c1. The molecule has 0 saturated carbocycles. The van der Waals surface area contributed by atoms with Gasteiger partial charge in [0.2, 0.25) is 5.91 Å². The molecule has 1 atom stereocenters. The Balaban J connectivity index is 1.60. The van der Waals surface area contributed by atoms with Crippen LogP contribution in [0.15, 0.2) is 60.0 Å². The van der Waals surface area contributed by atoms with Crippen molar-refractivity contribution in [1.82, 2.24) is 4.90 Å². The Morgan fingerprint density at radius 2 is 1.87 bits per heavy atom. The van der Waals surface area contributed by atoms with Gasteiger partial charge in [0, 0.05) is 29.6 Å². The molecule has 3 aromatic rings. The van der Waals surface area contributed by atoms with E-state index in [9.17, 15) is 18.4 Å². The van der Waals surface area contributed by atoms with E-state index in [4.69, 9.17) is 0 Å². The maximum atomic E-state index is 13.6. The van der Waals surface area contributed by atoms with Crippen LogP contribution in [0, 0.1) is 11.6 Å². The second kappa shape index (κ2) is 10.3. The lowest BCUT2D eigenvalue weighted by Gasteiger charge is -2.25. The summed E-state index contributed by atoms with van der Waals surface area (Å²) in [5.41, 5.74) is 1.43. The molecular formula is C24H24F2N2O2S. The van der Waals surface area contributed by atoms with Crippen LogP contribution in [0.2, 0.25) is 0 Å². The van der Waals surface area contributed by atoms with Gasteiger partial charge in [-0.15, -0.1) is 11.3 Å². The highest BCUT2D eigenvalue weighted by Crippen LogP contribution is 2.23. The van der Waals surface area contributed by atoms with Gasteiger partial charge in [0.25, 0.3) is 5.91 Å². The van der Waals surface area contributed by atoms with Crippen molar-refractivity contribution in [2.45, 2.75) is 32.2 Å². The smallest absolute Gasteiger partial charge is 0.254 e. The van der Waals surface area contributed by atoms with Crippen molar-refractivity contribution in [2.75, 3.05) is 12.4 Å². The van der Waals surface area contributed by atoms with Crippen molar-refractivity contribution < 1.29 is 18.4 Å². The molecule has 162 valence electrons. The number of carbonyl (C=O) groups excluding carboxylic acids is 2. The van der Waals surface area contributed by atoms with Crippen LogP contribution in [-0.2, 0) is 11.2 Å². The van der Waals surface area contributed by atoms with Crippen LogP contribution in [0.25, 0.3) is 0 Å². The summed E-state index contributed by atoms with van der Waals surface area (Å²) >= 11 is 1.68. The van der Waals surface area contributed by atoms with E-state index in [1.807, 2.05) is 11.4 Å². The summed E-state index contributed by atoms with van der Waals surface area (Å²) in [6, 6.07) is 13.9. The summed E-state index contributed by atoms with van der Waals surface area (Å²) in [5.74, 6) is -2.27. The lowest BCUT2D eigenvalue weighted by molar-refractivity contribution is -0.116. The topological polar surface area (TPSA) is 49.4 Å². The minimum Gasteiger partial charge on any atom is -0.335 e. The van der Waals surface area contributed by atoms with E-state index in [1.54, 1.807) is 49.6 Å². The highest BCUT2D eigenvalue weighted by Gasteiger charge is 2.20. The molecule has 3 rings (SSSR count). The molecule has 1 N–H and O–H groups in total. The van der Waals surface area contributed by atoms with Crippen molar-refractivity contribution in [3.05, 3.63) is 87.6 Å². The molecular weight excluding hydrogens is 418 g/mol. The average Bonchev–Trinajstić information content (AvgIpc) is 3.28. The molecule has 1 unspecified atom stereocenters. The summed E-state index contributed by atoms with van der Waals surface area (Å²) in [5, 5.41) is 4.85. The van der Waals surface area contributed by atoms with Crippen LogP contribution in [0.1, 0.15) is 46.6 Å². The molecule has 0 fully saturated rings. The third kappa shape index (κ3) is 5.98. The number of hydrogen-bond acceptors (Lipinski definition) is 3. The fourth-order valence-electron chi connectivity index (χ4n) is 3.21. The van der Waals surface area contributed by atoms with Crippen LogP contribution >= 0.6 is 11.3 Å². The van der Waals surface area contributed by atoms with Crippen molar-refractivity contribution in [3.63, 3.8) is 0 Å². The van der Waals surface area contributed by atoms with E-state index in [0.717, 1.165) is 25.0 Å². The largest absolute Gasteiger partial charge is 0.335 e. The van der Waals surface area contributed by atoms with Crippen molar-refractivity contribution in [2.24, 2.45) is 0 Å². The number of hydrogen-bond donors (Lipinski definition) is 1. The number of anilines is 1. The van der Waals surface area contributed by atoms with E-state index in [0.29, 0.717) is 23.2 Å². The summed E-state index contributed by atoms with van der Waals surface area (Å²) in [4.78, 5) is 27.8. The van der Waals surface area contributed by atoms with E-state index >= 15 is 0 Å². The Labute approximate surface area is 184 Å². The summed E-state index contributed by atoms with van der Waals surface area (Å²) in [6.45, 7) is 1.74. The molecule has 0 aliphatic rings. The van der Waals surface area contributed by atoms with E-state index in [2.05, 4.69) is 11.4 Å². The number of benzene rings is 2. The van der Waals surface area contributed by atoms with Gasteiger partial charge in [-0.2, -0.15) is 0 Å². The molecule has 0 saturated heterocycles. The second-order valence-corrected chi connectivity index (χ2v) is 8.36. The number of nitrogens with zero attached hydrogens (tertiary/aromatic N) is 1. The number of aryl methyl sites for hydroxylation is 1. The number of halogens is 2. The van der Waals surface area contributed by atoms with Gasteiger partial charge in [-0.25, -0.2) is 8.78 Å².